The van der Waals surface area contributed by atoms with Crippen molar-refractivity contribution in [1.29, 1.82) is 21.0 Å². The van der Waals surface area contributed by atoms with Crippen LogP contribution in [-0.2, 0) is 22.7 Å². The third-order valence-electron chi connectivity index (χ3n) is 9.39. The average Bonchev–Trinajstić information content (AvgIpc) is 4.18. The zero-order valence-corrected chi connectivity index (χ0v) is 37.3. The van der Waals surface area contributed by atoms with Crippen molar-refractivity contribution in [3.63, 3.8) is 0 Å². The van der Waals surface area contributed by atoms with E-state index in [1.54, 1.807) is 36.4 Å². The van der Waals surface area contributed by atoms with E-state index in [0.29, 0.717) is 82.5 Å². The molecule has 6 aromatic heterocycles. The Morgan fingerprint density at radius 3 is 1.66 bits per heavy atom. The van der Waals surface area contributed by atoms with E-state index in [1.807, 2.05) is 86.6 Å². The lowest BCUT2D eigenvalue weighted by molar-refractivity contribution is 0.141. The van der Waals surface area contributed by atoms with E-state index in [0.717, 1.165) is 38.5 Å². The van der Waals surface area contributed by atoms with E-state index >= 15 is 0 Å². The number of fused-ring (bicyclic) bond motifs is 5. The number of aromatic nitrogens is 2. The molecule has 18 heteroatoms. The summed E-state index contributed by atoms with van der Waals surface area (Å²) in [5.41, 5.74) is 2.62. The third kappa shape index (κ3) is 8.59. The van der Waals surface area contributed by atoms with E-state index in [1.165, 1.54) is 43.1 Å². The van der Waals surface area contributed by atoms with E-state index in [2.05, 4.69) is 9.98 Å². The number of ether oxygens (including phenoxy) is 4. The number of rotatable bonds is 14. The lowest BCUT2D eigenvalue weighted by Crippen LogP contribution is -2.17. The first-order valence-corrected chi connectivity index (χ1v) is 22.9. The summed E-state index contributed by atoms with van der Waals surface area (Å²) in [5.74, 6) is 0.908. The van der Waals surface area contributed by atoms with Crippen molar-refractivity contribution in [2.75, 3.05) is 13.2 Å². The minimum absolute atomic E-state index is 0.0259. The lowest BCUT2D eigenvalue weighted by Gasteiger charge is -2.12. The number of hydrogen-bond acceptors (Lipinski definition) is 16. The molecule has 0 aliphatic carbocycles. The van der Waals surface area contributed by atoms with Crippen molar-refractivity contribution in [3.05, 3.63) is 96.1 Å². The van der Waals surface area contributed by atoms with Gasteiger partial charge in [0.05, 0.1) is 64.2 Å². The molecule has 0 atom stereocenters. The molecule has 0 radical (unpaired) electrons. The number of nitrogens with zero attached hydrogens (tertiary/aromatic N) is 8. The van der Waals surface area contributed by atoms with Crippen LogP contribution in [0.1, 0.15) is 37.8 Å². The van der Waals surface area contributed by atoms with Gasteiger partial charge in [-0.25, -0.2) is 28.7 Å². The van der Waals surface area contributed by atoms with Crippen LogP contribution >= 0.6 is 45.3 Å². The summed E-state index contributed by atoms with van der Waals surface area (Å²) >= 11 is 5.19. The number of nitriles is 4. The Balaban J connectivity index is 1.37. The highest BCUT2D eigenvalue weighted by atomic mass is 32.1. The number of thiophene rings is 4. The molecule has 0 fully saturated rings. The van der Waals surface area contributed by atoms with Crippen molar-refractivity contribution in [2.45, 2.75) is 39.9 Å². The molecule has 8 aromatic rings. The molecule has 0 unspecified atom stereocenters. The summed E-state index contributed by atoms with van der Waals surface area (Å²) in [7, 11) is 0. The van der Waals surface area contributed by atoms with Gasteiger partial charge in [-0.1, -0.05) is 74.5 Å². The summed E-state index contributed by atoms with van der Waals surface area (Å²) < 4.78 is 29.3. The van der Waals surface area contributed by atoms with Gasteiger partial charge in [-0.05, 0) is 36.1 Å². The Bertz CT molecular complexity index is 3270. The molecule has 0 saturated carbocycles. The predicted octanol–water partition coefficient (Wildman–Crippen LogP) is 12.5. The molecule has 14 nitrogen and oxygen atoms in total. The molecule has 0 amide bonds. The smallest absolute Gasteiger partial charge is 0.419 e. The van der Waals surface area contributed by atoms with Crippen LogP contribution in [0, 0.1) is 45.3 Å². The summed E-state index contributed by atoms with van der Waals surface area (Å²) in [4.78, 5) is 39.7. The SMILES string of the molecule is CCCOc1cc(N=C(C#N)C#N)sc1-c1cc2c(s1)c1sc3cc(-c4sc(N=C(C#N)C#N)cc4OCCC)n(C(=O)OCc4ccccc4)c3c1n2C(=O)OCc1ccccc1. The van der Waals surface area contributed by atoms with Gasteiger partial charge in [-0.15, -0.1) is 45.3 Å². The minimum Gasteiger partial charge on any atom is -0.492 e. The fraction of sp³-hybridized carbons (Fsp3) is 0.174. The molecule has 0 aliphatic heterocycles. The van der Waals surface area contributed by atoms with E-state index in [-0.39, 0.29) is 24.6 Å². The number of benzene rings is 2. The topological polar surface area (TPSA) is 201 Å². The summed E-state index contributed by atoms with van der Waals surface area (Å²) in [6.45, 7) is 4.61. The molecule has 0 bridgehead atoms. The van der Waals surface area contributed by atoms with Gasteiger partial charge in [-0.3, -0.25) is 0 Å². The molecule has 2 aromatic carbocycles. The Morgan fingerprint density at radius 1 is 0.609 bits per heavy atom. The second-order valence-electron chi connectivity index (χ2n) is 13.7. The van der Waals surface area contributed by atoms with Crippen molar-refractivity contribution >= 4 is 110 Å². The van der Waals surface area contributed by atoms with Gasteiger partial charge in [-0.2, -0.15) is 21.0 Å². The van der Waals surface area contributed by atoms with Gasteiger partial charge in [0, 0.05) is 12.1 Å². The van der Waals surface area contributed by atoms with Crippen LogP contribution in [0.3, 0.4) is 0 Å². The molecule has 0 aliphatic rings. The predicted molar refractivity (Wildman–Crippen MR) is 250 cm³/mol. The van der Waals surface area contributed by atoms with Crippen LogP contribution in [0.15, 0.2) is 94.9 Å². The van der Waals surface area contributed by atoms with Crippen molar-refractivity contribution in [1.82, 2.24) is 9.13 Å². The van der Waals surface area contributed by atoms with Gasteiger partial charge >= 0.3 is 12.2 Å². The first-order valence-electron chi connectivity index (χ1n) is 19.6. The molecule has 0 spiro atoms. The van der Waals surface area contributed by atoms with E-state index in [4.69, 9.17) is 18.9 Å². The molecular weight excluding hydrogens is 889 g/mol. The second kappa shape index (κ2) is 19.2. The normalized spacial score (nSPS) is 10.8. The zero-order valence-electron chi connectivity index (χ0n) is 34.0. The van der Waals surface area contributed by atoms with Crippen molar-refractivity contribution in [3.8, 4) is 56.1 Å². The first-order chi connectivity index (χ1) is 31.3. The largest absolute Gasteiger partial charge is 0.492 e. The molecule has 0 saturated heterocycles. The maximum atomic E-state index is 14.7. The fourth-order valence-corrected chi connectivity index (χ4v) is 11.2. The quantitative estimate of drug-likeness (QED) is 0.0945. The molecule has 64 heavy (non-hydrogen) atoms. The average molecular weight is 921 g/mol. The summed E-state index contributed by atoms with van der Waals surface area (Å²) in [6.07, 6.45) is -0.00721. The number of carbonyl (C=O) groups is 2. The van der Waals surface area contributed by atoms with Crippen LogP contribution in [0.2, 0.25) is 0 Å². The van der Waals surface area contributed by atoms with Gasteiger partial charge < -0.3 is 18.9 Å². The van der Waals surface area contributed by atoms with E-state index in [9.17, 15) is 30.6 Å². The molecule has 8 rings (SSSR count). The van der Waals surface area contributed by atoms with Gasteiger partial charge in [0.2, 0.25) is 11.4 Å². The summed E-state index contributed by atoms with van der Waals surface area (Å²) in [6, 6.07) is 32.8. The highest BCUT2D eigenvalue weighted by Gasteiger charge is 2.32. The van der Waals surface area contributed by atoms with Crippen molar-refractivity contribution in [2.24, 2.45) is 9.98 Å². The van der Waals surface area contributed by atoms with Crippen LogP contribution in [0.25, 0.3) is 51.0 Å². The van der Waals surface area contributed by atoms with Crippen LogP contribution < -0.4 is 9.47 Å². The number of aliphatic imine (C=N–C) groups is 2. The summed E-state index contributed by atoms with van der Waals surface area (Å²) in [5, 5.41) is 38.5. The van der Waals surface area contributed by atoms with E-state index < -0.39 is 12.2 Å². The third-order valence-corrected chi connectivity index (χ3v) is 14.0. The van der Waals surface area contributed by atoms with Gasteiger partial charge in [0.1, 0.15) is 59.0 Å². The van der Waals surface area contributed by atoms with Crippen LogP contribution in [-0.4, -0.2) is 46.0 Å². The van der Waals surface area contributed by atoms with Crippen molar-refractivity contribution < 1.29 is 28.5 Å². The molecular formula is C46H32N8O6S4. The van der Waals surface area contributed by atoms with Crippen LogP contribution in [0.4, 0.5) is 19.6 Å². The lowest BCUT2D eigenvalue weighted by atomic mass is 10.2. The fourth-order valence-electron chi connectivity index (χ4n) is 6.67. The molecule has 0 N–H and O–H groups in total. The standard InChI is InChI=1S/C46H32N8O6S4/c1-3-15-57-33-19-37(51-29(21-47)22-48)63-41(33)31-17-35-39(53(31)45(55)59-25-27-11-7-5-8-12-27)40-44(61-35)42-32(54(40)46(56)60-26-28-13-9-6-10-14-28)18-36(62-42)43-34(58-16-4-2)20-38(64-43)52-30(23-49)24-50/h5-14,17-20H,3-4,15-16,25-26H2,1-2H3. The second-order valence-corrected chi connectivity index (χ2v) is 17.9. The molecule has 6 heterocycles. The highest BCUT2D eigenvalue weighted by Crippen LogP contribution is 2.53. The van der Waals surface area contributed by atoms with Gasteiger partial charge in [0.15, 0.2) is 0 Å². The minimum atomic E-state index is -0.726. The maximum absolute atomic E-state index is 14.7. The molecule has 316 valence electrons. The maximum Gasteiger partial charge on any atom is 0.419 e. The Kier molecular flexibility index (Phi) is 12.9. The Hall–Kier alpha value is -7.58. The zero-order chi connectivity index (χ0) is 44.7. The number of carbonyl (C=O) groups excluding carboxylic acids is 2. The number of hydrogen-bond donors (Lipinski definition) is 0. The first kappa shape index (κ1) is 43.1. The Labute approximate surface area is 381 Å². The Morgan fingerprint density at radius 2 is 1.12 bits per heavy atom. The van der Waals surface area contributed by atoms with Crippen LogP contribution in [0.5, 0.6) is 11.5 Å². The monoisotopic (exact) mass is 920 g/mol. The van der Waals surface area contributed by atoms with Gasteiger partial charge in [0.25, 0.3) is 0 Å². The highest BCUT2D eigenvalue weighted by molar-refractivity contribution is 7.33.